The number of carbonyl (C=O) groups is 1. The molecule has 0 atom stereocenters. The number of aldehydes is 1. The van der Waals surface area contributed by atoms with E-state index < -0.39 is 0 Å². The molecule has 1 heterocycles. The molecule has 0 bridgehead atoms. The molecule has 1 saturated heterocycles. The highest BCUT2D eigenvalue weighted by atomic mass is 16.1. The number of carbonyl (C=O) groups excluding carboxylic acids is 1. The van der Waals surface area contributed by atoms with Crippen molar-refractivity contribution in [3.8, 4) is 0 Å². The van der Waals surface area contributed by atoms with Crippen molar-refractivity contribution in [3.05, 3.63) is 0 Å². The van der Waals surface area contributed by atoms with Gasteiger partial charge in [0.2, 0.25) is 0 Å². The fourth-order valence-corrected chi connectivity index (χ4v) is 3.63. The second-order valence-electron chi connectivity index (χ2n) is 6.71. The van der Waals surface area contributed by atoms with Crippen LogP contribution in [0, 0.1) is 11.3 Å². The Labute approximate surface area is 111 Å². The van der Waals surface area contributed by atoms with E-state index in [1.807, 2.05) is 0 Å². The summed E-state index contributed by atoms with van der Waals surface area (Å²) in [4.78, 5) is 16.5. The quantitative estimate of drug-likeness (QED) is 0.695. The number of piperazine rings is 1. The molecule has 0 radical (unpaired) electrons. The van der Waals surface area contributed by atoms with E-state index >= 15 is 0 Å². The van der Waals surface area contributed by atoms with E-state index in [9.17, 15) is 4.79 Å². The summed E-state index contributed by atoms with van der Waals surface area (Å²) in [7, 11) is 0. The maximum absolute atomic E-state index is 11.4. The molecule has 0 aromatic rings. The molecule has 0 N–H and O–H groups in total. The van der Waals surface area contributed by atoms with Gasteiger partial charge >= 0.3 is 0 Å². The zero-order chi connectivity index (χ0) is 12.4. The van der Waals surface area contributed by atoms with Gasteiger partial charge in [-0.2, -0.15) is 0 Å². The largest absolute Gasteiger partial charge is 0.303 e. The Morgan fingerprint density at radius 1 is 1.00 bits per heavy atom. The first-order chi connectivity index (χ1) is 8.80. The van der Waals surface area contributed by atoms with Gasteiger partial charge < -0.3 is 9.69 Å². The molecular weight excluding hydrogens is 224 g/mol. The summed E-state index contributed by atoms with van der Waals surface area (Å²) in [5, 5.41) is 0. The zero-order valence-electron chi connectivity index (χ0n) is 11.4. The van der Waals surface area contributed by atoms with Crippen LogP contribution >= 0.6 is 0 Å². The Morgan fingerprint density at radius 3 is 2.17 bits per heavy atom. The van der Waals surface area contributed by atoms with Gasteiger partial charge in [-0.05, 0) is 31.6 Å². The predicted octanol–water partition coefficient (Wildman–Crippen LogP) is 1.77. The number of rotatable bonds is 5. The monoisotopic (exact) mass is 250 g/mol. The van der Waals surface area contributed by atoms with Crippen LogP contribution in [0.15, 0.2) is 0 Å². The van der Waals surface area contributed by atoms with E-state index in [4.69, 9.17) is 0 Å². The minimum Gasteiger partial charge on any atom is -0.303 e. The molecule has 3 heteroatoms. The summed E-state index contributed by atoms with van der Waals surface area (Å²) < 4.78 is 0. The van der Waals surface area contributed by atoms with Crippen LogP contribution in [0.4, 0.5) is 0 Å². The molecule has 3 aliphatic rings. The van der Waals surface area contributed by atoms with E-state index in [1.54, 1.807) is 0 Å². The lowest BCUT2D eigenvalue weighted by Gasteiger charge is -2.38. The van der Waals surface area contributed by atoms with Gasteiger partial charge in [0.1, 0.15) is 6.29 Å². The van der Waals surface area contributed by atoms with E-state index in [2.05, 4.69) is 9.80 Å². The summed E-state index contributed by atoms with van der Waals surface area (Å²) in [5.41, 5.74) is 0.0126. The van der Waals surface area contributed by atoms with E-state index in [0.29, 0.717) is 0 Å². The number of nitrogens with zero attached hydrogens (tertiary/aromatic N) is 2. The highest BCUT2D eigenvalue weighted by Gasteiger charge is 2.36. The normalized spacial score (nSPS) is 29.6. The molecule has 3 rings (SSSR count). The van der Waals surface area contributed by atoms with Gasteiger partial charge in [0.15, 0.2) is 0 Å². The SMILES string of the molecule is O=CC1(CN2CCN(CC3CC3)CC2)CCCC1. The summed E-state index contributed by atoms with van der Waals surface area (Å²) in [6.45, 7) is 7.11. The third-order valence-corrected chi connectivity index (χ3v) is 5.07. The number of hydrogen-bond acceptors (Lipinski definition) is 3. The maximum Gasteiger partial charge on any atom is 0.127 e. The van der Waals surface area contributed by atoms with Crippen LogP contribution in [0.2, 0.25) is 0 Å². The summed E-state index contributed by atoms with van der Waals surface area (Å²) in [6, 6.07) is 0. The minimum atomic E-state index is 0.0126. The van der Waals surface area contributed by atoms with Crippen molar-refractivity contribution >= 4 is 6.29 Å². The first-order valence-corrected chi connectivity index (χ1v) is 7.71. The van der Waals surface area contributed by atoms with Gasteiger partial charge in [-0.25, -0.2) is 0 Å². The lowest BCUT2D eigenvalue weighted by Crippen LogP contribution is -2.50. The molecule has 2 saturated carbocycles. The fourth-order valence-electron chi connectivity index (χ4n) is 3.63. The minimum absolute atomic E-state index is 0.0126. The van der Waals surface area contributed by atoms with Gasteiger partial charge in [-0.3, -0.25) is 4.90 Å². The highest BCUT2D eigenvalue weighted by Crippen LogP contribution is 2.37. The Morgan fingerprint density at radius 2 is 1.61 bits per heavy atom. The smallest absolute Gasteiger partial charge is 0.127 e. The van der Waals surface area contributed by atoms with Crippen molar-refractivity contribution in [2.24, 2.45) is 11.3 Å². The van der Waals surface area contributed by atoms with Gasteiger partial charge in [0.25, 0.3) is 0 Å². The van der Waals surface area contributed by atoms with Crippen LogP contribution in [-0.4, -0.2) is 55.4 Å². The van der Waals surface area contributed by atoms with Crippen LogP contribution in [0.3, 0.4) is 0 Å². The Bertz CT molecular complexity index is 287. The fraction of sp³-hybridized carbons (Fsp3) is 0.933. The zero-order valence-corrected chi connectivity index (χ0v) is 11.4. The lowest BCUT2D eigenvalue weighted by atomic mass is 9.87. The van der Waals surface area contributed by atoms with E-state index in [-0.39, 0.29) is 5.41 Å². The molecule has 0 aromatic carbocycles. The van der Waals surface area contributed by atoms with Crippen LogP contribution in [-0.2, 0) is 4.79 Å². The topological polar surface area (TPSA) is 23.6 Å². The standard InChI is InChI=1S/C15H26N2O/c18-13-15(5-1-2-6-15)12-17-9-7-16(8-10-17)11-14-3-4-14/h13-14H,1-12H2. The molecular formula is C15H26N2O. The Kier molecular flexibility index (Phi) is 3.71. The Hall–Kier alpha value is -0.410. The number of hydrogen-bond donors (Lipinski definition) is 0. The molecule has 3 nitrogen and oxygen atoms in total. The third kappa shape index (κ3) is 2.94. The van der Waals surface area contributed by atoms with Gasteiger partial charge in [-0.1, -0.05) is 12.8 Å². The van der Waals surface area contributed by atoms with Crippen molar-refractivity contribution in [2.75, 3.05) is 39.3 Å². The van der Waals surface area contributed by atoms with Crippen LogP contribution < -0.4 is 0 Å². The van der Waals surface area contributed by atoms with Crippen molar-refractivity contribution in [1.82, 2.24) is 9.80 Å². The summed E-state index contributed by atoms with van der Waals surface area (Å²) in [6.07, 6.45) is 8.91. The van der Waals surface area contributed by atoms with Gasteiger partial charge in [-0.15, -0.1) is 0 Å². The summed E-state index contributed by atoms with van der Waals surface area (Å²) in [5.74, 6) is 1.01. The van der Waals surface area contributed by atoms with Crippen LogP contribution in [0.5, 0.6) is 0 Å². The molecule has 0 amide bonds. The average Bonchev–Trinajstić information content (AvgIpc) is 3.09. The third-order valence-electron chi connectivity index (χ3n) is 5.07. The van der Waals surface area contributed by atoms with Gasteiger partial charge in [0.05, 0.1) is 0 Å². The van der Waals surface area contributed by atoms with Crippen LogP contribution in [0.1, 0.15) is 38.5 Å². The molecule has 0 aromatic heterocycles. The van der Waals surface area contributed by atoms with Crippen LogP contribution in [0.25, 0.3) is 0 Å². The Balaban J connectivity index is 1.45. The molecule has 1 aliphatic heterocycles. The lowest BCUT2D eigenvalue weighted by molar-refractivity contribution is -0.117. The highest BCUT2D eigenvalue weighted by molar-refractivity contribution is 5.60. The van der Waals surface area contributed by atoms with Crippen molar-refractivity contribution < 1.29 is 4.79 Å². The average molecular weight is 250 g/mol. The van der Waals surface area contributed by atoms with E-state index in [1.165, 1.54) is 64.7 Å². The van der Waals surface area contributed by atoms with Crippen molar-refractivity contribution in [3.63, 3.8) is 0 Å². The summed E-state index contributed by atoms with van der Waals surface area (Å²) >= 11 is 0. The first kappa shape index (κ1) is 12.6. The molecule has 18 heavy (non-hydrogen) atoms. The molecule has 102 valence electrons. The second kappa shape index (κ2) is 5.30. The molecule has 2 aliphatic carbocycles. The van der Waals surface area contributed by atoms with Gasteiger partial charge in [0, 0.05) is 44.7 Å². The maximum atomic E-state index is 11.4. The molecule has 0 spiro atoms. The molecule has 0 unspecified atom stereocenters. The first-order valence-electron chi connectivity index (χ1n) is 7.71. The van der Waals surface area contributed by atoms with Crippen molar-refractivity contribution in [2.45, 2.75) is 38.5 Å². The van der Waals surface area contributed by atoms with E-state index in [0.717, 1.165) is 25.3 Å². The van der Waals surface area contributed by atoms with Crippen molar-refractivity contribution in [1.29, 1.82) is 0 Å². The molecule has 3 fully saturated rings. The predicted molar refractivity (Wildman–Crippen MR) is 72.6 cm³/mol. The second-order valence-corrected chi connectivity index (χ2v) is 6.71.